The summed E-state index contributed by atoms with van der Waals surface area (Å²) < 4.78 is 10.9. The second-order valence-corrected chi connectivity index (χ2v) is 6.94. The third kappa shape index (κ3) is 4.20. The Kier molecular flexibility index (Phi) is 4.45. The first-order valence-electron chi connectivity index (χ1n) is 6.58. The van der Waals surface area contributed by atoms with E-state index in [1.165, 1.54) is 0 Å². The Balaban J connectivity index is 1.91. The van der Waals surface area contributed by atoms with Gasteiger partial charge in [-0.1, -0.05) is 0 Å². The van der Waals surface area contributed by atoms with Crippen molar-refractivity contribution in [2.75, 3.05) is 18.8 Å². The van der Waals surface area contributed by atoms with Crippen molar-refractivity contribution < 1.29 is 13.9 Å². The van der Waals surface area contributed by atoms with E-state index in [0.717, 1.165) is 24.5 Å². The molecule has 2 rings (SSSR count). The predicted molar refractivity (Wildman–Crippen MR) is 76.3 cm³/mol. The van der Waals surface area contributed by atoms with Crippen molar-refractivity contribution in [1.82, 2.24) is 4.90 Å². The molecule has 5 heteroatoms. The maximum absolute atomic E-state index is 12.0. The van der Waals surface area contributed by atoms with E-state index in [4.69, 9.17) is 9.15 Å². The summed E-state index contributed by atoms with van der Waals surface area (Å²) in [7, 11) is 0. The molecular formula is C14H21NO3S. The zero-order valence-corrected chi connectivity index (χ0v) is 12.5. The number of furan rings is 1. The summed E-state index contributed by atoms with van der Waals surface area (Å²) in [6, 6.07) is 3.91. The van der Waals surface area contributed by atoms with E-state index in [1.54, 1.807) is 11.2 Å². The van der Waals surface area contributed by atoms with Crippen LogP contribution < -0.4 is 0 Å². The van der Waals surface area contributed by atoms with Gasteiger partial charge in [0.05, 0.1) is 11.5 Å². The third-order valence-corrected chi connectivity index (χ3v) is 4.14. The first-order valence-corrected chi connectivity index (χ1v) is 7.63. The Morgan fingerprint density at radius 2 is 2.26 bits per heavy atom. The highest BCUT2D eigenvalue weighted by atomic mass is 32.2. The zero-order valence-electron chi connectivity index (χ0n) is 11.7. The predicted octanol–water partition coefficient (Wildman–Crippen LogP) is 3.69. The number of amides is 1. The van der Waals surface area contributed by atoms with Crippen molar-refractivity contribution in [2.45, 2.75) is 38.0 Å². The molecule has 2 heterocycles. The number of rotatable bonds is 1. The van der Waals surface area contributed by atoms with E-state index in [2.05, 4.69) is 0 Å². The molecule has 4 nitrogen and oxygen atoms in total. The van der Waals surface area contributed by atoms with Crippen LogP contribution in [0.15, 0.2) is 22.8 Å². The minimum Gasteiger partial charge on any atom is -0.468 e. The van der Waals surface area contributed by atoms with Crippen LogP contribution in [0.25, 0.3) is 0 Å². The van der Waals surface area contributed by atoms with Crippen LogP contribution in [0.1, 0.15) is 38.2 Å². The van der Waals surface area contributed by atoms with Gasteiger partial charge >= 0.3 is 6.09 Å². The van der Waals surface area contributed by atoms with Gasteiger partial charge in [-0.15, -0.1) is 11.8 Å². The highest BCUT2D eigenvalue weighted by molar-refractivity contribution is 7.99. The van der Waals surface area contributed by atoms with Gasteiger partial charge in [0, 0.05) is 18.8 Å². The van der Waals surface area contributed by atoms with Gasteiger partial charge in [-0.25, -0.2) is 4.79 Å². The summed E-state index contributed by atoms with van der Waals surface area (Å²) in [6.07, 6.45) is 2.39. The molecule has 106 valence electrons. The van der Waals surface area contributed by atoms with Gasteiger partial charge in [0.2, 0.25) is 0 Å². The van der Waals surface area contributed by atoms with Gasteiger partial charge in [-0.3, -0.25) is 0 Å². The Labute approximate surface area is 118 Å². The molecule has 1 aliphatic rings. The molecule has 0 N–H and O–H groups in total. The fourth-order valence-electron chi connectivity index (χ4n) is 1.98. The smallest absolute Gasteiger partial charge is 0.410 e. The van der Waals surface area contributed by atoms with Gasteiger partial charge in [-0.05, 0) is 39.3 Å². The number of nitrogens with zero attached hydrogens (tertiary/aromatic N) is 1. The van der Waals surface area contributed by atoms with Gasteiger partial charge in [-0.2, -0.15) is 0 Å². The molecule has 1 atom stereocenters. The number of thioether (sulfide) groups is 1. The maximum atomic E-state index is 12.0. The van der Waals surface area contributed by atoms with Crippen molar-refractivity contribution >= 4 is 17.9 Å². The molecule has 0 aromatic carbocycles. The largest absolute Gasteiger partial charge is 0.468 e. The number of hydrogen-bond donors (Lipinski definition) is 0. The molecule has 1 unspecified atom stereocenters. The average Bonchev–Trinajstić information content (AvgIpc) is 2.71. The molecule has 1 saturated heterocycles. The van der Waals surface area contributed by atoms with Crippen LogP contribution in [0.2, 0.25) is 0 Å². The summed E-state index contributed by atoms with van der Waals surface area (Å²) in [5.74, 6) is 1.90. The summed E-state index contributed by atoms with van der Waals surface area (Å²) in [6.45, 7) is 7.12. The molecule has 0 aliphatic carbocycles. The quantitative estimate of drug-likeness (QED) is 0.788. The van der Waals surface area contributed by atoms with Crippen LogP contribution in [-0.2, 0) is 4.74 Å². The van der Waals surface area contributed by atoms with E-state index in [9.17, 15) is 4.79 Å². The SMILES string of the molecule is CC(C)(C)OC(=O)N1CCSC(c2ccco2)CC1. The molecular weight excluding hydrogens is 262 g/mol. The Hall–Kier alpha value is -1.10. The van der Waals surface area contributed by atoms with E-state index >= 15 is 0 Å². The van der Waals surface area contributed by atoms with Crippen LogP contribution in [-0.4, -0.2) is 35.4 Å². The molecule has 1 aliphatic heterocycles. The molecule has 1 fully saturated rings. The fraction of sp³-hybridized carbons (Fsp3) is 0.643. The van der Waals surface area contributed by atoms with Crippen molar-refractivity contribution in [2.24, 2.45) is 0 Å². The maximum Gasteiger partial charge on any atom is 0.410 e. The van der Waals surface area contributed by atoms with E-state index < -0.39 is 5.60 Å². The summed E-state index contributed by atoms with van der Waals surface area (Å²) in [5.41, 5.74) is -0.434. The first kappa shape index (κ1) is 14.3. The molecule has 1 aromatic rings. The standard InChI is InChI=1S/C14H21NO3S/c1-14(2,3)18-13(16)15-7-6-12(19-10-8-15)11-5-4-9-17-11/h4-5,9,12H,6-8,10H2,1-3H3. The number of carbonyl (C=O) groups is 1. The Morgan fingerprint density at radius 3 is 2.89 bits per heavy atom. The fourth-order valence-corrected chi connectivity index (χ4v) is 3.16. The number of carbonyl (C=O) groups excluding carboxylic acids is 1. The molecule has 19 heavy (non-hydrogen) atoms. The third-order valence-electron chi connectivity index (χ3n) is 2.85. The number of hydrogen-bond acceptors (Lipinski definition) is 4. The topological polar surface area (TPSA) is 42.7 Å². The monoisotopic (exact) mass is 283 g/mol. The molecule has 1 amide bonds. The van der Waals surface area contributed by atoms with Crippen molar-refractivity contribution in [3.63, 3.8) is 0 Å². The molecule has 0 bridgehead atoms. The molecule has 0 saturated carbocycles. The minimum absolute atomic E-state index is 0.215. The Bertz CT molecular complexity index is 411. The van der Waals surface area contributed by atoms with Crippen molar-refractivity contribution in [3.8, 4) is 0 Å². The molecule has 0 radical (unpaired) electrons. The minimum atomic E-state index is -0.434. The van der Waals surface area contributed by atoms with Crippen LogP contribution in [0, 0.1) is 0 Å². The van der Waals surface area contributed by atoms with Gasteiger partial charge in [0.1, 0.15) is 11.4 Å². The highest BCUT2D eigenvalue weighted by Gasteiger charge is 2.26. The Morgan fingerprint density at radius 1 is 1.47 bits per heavy atom. The molecule has 0 spiro atoms. The van der Waals surface area contributed by atoms with Crippen LogP contribution in [0.5, 0.6) is 0 Å². The molecule has 1 aromatic heterocycles. The lowest BCUT2D eigenvalue weighted by Crippen LogP contribution is -2.38. The second kappa shape index (κ2) is 5.90. The number of ether oxygens (including phenoxy) is 1. The summed E-state index contributed by atoms with van der Waals surface area (Å²) >= 11 is 1.84. The first-order chi connectivity index (χ1) is 8.96. The lowest BCUT2D eigenvalue weighted by molar-refractivity contribution is 0.0262. The summed E-state index contributed by atoms with van der Waals surface area (Å²) in [4.78, 5) is 13.8. The average molecular weight is 283 g/mol. The normalized spacial score (nSPS) is 21.0. The lowest BCUT2D eigenvalue weighted by Gasteiger charge is -2.26. The van der Waals surface area contributed by atoms with Gasteiger partial charge in [0.25, 0.3) is 0 Å². The van der Waals surface area contributed by atoms with Crippen molar-refractivity contribution in [3.05, 3.63) is 24.2 Å². The van der Waals surface area contributed by atoms with Gasteiger partial charge in [0.15, 0.2) is 0 Å². The van der Waals surface area contributed by atoms with Crippen LogP contribution in [0.4, 0.5) is 4.79 Å². The van der Waals surface area contributed by atoms with E-state index in [0.29, 0.717) is 11.8 Å². The lowest BCUT2D eigenvalue weighted by atomic mass is 10.2. The van der Waals surface area contributed by atoms with Crippen molar-refractivity contribution in [1.29, 1.82) is 0 Å². The zero-order chi connectivity index (χ0) is 13.9. The van der Waals surface area contributed by atoms with Crippen LogP contribution >= 0.6 is 11.8 Å². The highest BCUT2D eigenvalue weighted by Crippen LogP contribution is 2.34. The van der Waals surface area contributed by atoms with Crippen LogP contribution in [0.3, 0.4) is 0 Å². The van der Waals surface area contributed by atoms with E-state index in [-0.39, 0.29) is 6.09 Å². The van der Waals surface area contributed by atoms with Gasteiger partial charge < -0.3 is 14.1 Å². The second-order valence-electron chi connectivity index (χ2n) is 5.63. The summed E-state index contributed by atoms with van der Waals surface area (Å²) in [5, 5.41) is 0.336. The van der Waals surface area contributed by atoms with E-state index in [1.807, 2.05) is 44.7 Å².